The smallest absolute Gasteiger partial charge is 0.246 e. The van der Waals surface area contributed by atoms with Gasteiger partial charge in [0.2, 0.25) is 11.8 Å². The number of nitrogens with zero attached hydrogens (tertiary/aromatic N) is 2. The molecule has 5 nitrogen and oxygen atoms in total. The molecule has 1 aromatic heterocycles. The summed E-state index contributed by atoms with van der Waals surface area (Å²) in [6.07, 6.45) is 0.510. The van der Waals surface area contributed by atoms with Gasteiger partial charge < -0.3 is 14.8 Å². The lowest BCUT2D eigenvalue weighted by Crippen LogP contribution is -2.62. The molecule has 1 saturated heterocycles. The first-order valence-electron chi connectivity index (χ1n) is 11.1. The van der Waals surface area contributed by atoms with E-state index in [0.717, 1.165) is 37.8 Å². The lowest BCUT2D eigenvalue weighted by molar-refractivity contribution is -0.159. The third-order valence-corrected chi connectivity index (χ3v) is 7.48. The summed E-state index contributed by atoms with van der Waals surface area (Å²) in [4.78, 5) is 34.4. The van der Waals surface area contributed by atoms with Crippen LogP contribution in [0.5, 0.6) is 0 Å². The van der Waals surface area contributed by atoms with Crippen molar-refractivity contribution >= 4 is 38.6 Å². The molecule has 1 fully saturated rings. The summed E-state index contributed by atoms with van der Waals surface area (Å²) < 4.78 is 0.923. The summed E-state index contributed by atoms with van der Waals surface area (Å²) in [5.74, 6) is -0.0213. The van der Waals surface area contributed by atoms with Gasteiger partial charge in [0.1, 0.15) is 12.6 Å². The van der Waals surface area contributed by atoms with E-state index < -0.39 is 6.04 Å². The number of benzene rings is 3. The lowest BCUT2D eigenvalue weighted by atomic mass is 9.86. The zero-order valence-electron chi connectivity index (χ0n) is 17.9. The predicted octanol–water partition coefficient (Wildman–Crippen LogP) is 4.82. The number of piperazine rings is 1. The van der Waals surface area contributed by atoms with Gasteiger partial charge >= 0.3 is 0 Å². The number of aromatic amines is 1. The Bertz CT molecular complexity index is 1380. The van der Waals surface area contributed by atoms with Crippen LogP contribution in [0.25, 0.3) is 10.9 Å². The SMILES string of the molecule is O=C1[C@H]2Cc3c([nH]c4ccccc34)[C@H](c3ccccc3Br)N2C(=O)CN1Cc1ccccc1. The minimum atomic E-state index is -0.529. The van der Waals surface area contributed by atoms with E-state index in [4.69, 9.17) is 0 Å². The van der Waals surface area contributed by atoms with Gasteiger partial charge in [-0.15, -0.1) is 0 Å². The highest BCUT2D eigenvalue weighted by Crippen LogP contribution is 2.44. The molecule has 0 bridgehead atoms. The maximum absolute atomic E-state index is 13.7. The monoisotopic (exact) mass is 499 g/mol. The van der Waals surface area contributed by atoms with Crippen LogP contribution in [-0.2, 0) is 22.6 Å². The number of nitrogens with one attached hydrogen (secondary N) is 1. The van der Waals surface area contributed by atoms with E-state index in [-0.39, 0.29) is 24.4 Å². The summed E-state index contributed by atoms with van der Waals surface area (Å²) in [5, 5.41) is 1.12. The zero-order valence-corrected chi connectivity index (χ0v) is 19.5. The van der Waals surface area contributed by atoms with Crippen molar-refractivity contribution in [3.05, 3.63) is 106 Å². The fourth-order valence-electron chi connectivity index (χ4n) is 5.28. The van der Waals surface area contributed by atoms with Crippen LogP contribution in [0.3, 0.4) is 0 Å². The molecule has 33 heavy (non-hydrogen) atoms. The van der Waals surface area contributed by atoms with Crippen LogP contribution in [0.4, 0.5) is 0 Å². The lowest BCUT2D eigenvalue weighted by Gasteiger charge is -2.47. The van der Waals surface area contributed by atoms with Gasteiger partial charge in [0.05, 0.1) is 6.04 Å². The molecule has 1 N–H and O–H groups in total. The third kappa shape index (κ3) is 3.28. The number of para-hydroxylation sites is 1. The van der Waals surface area contributed by atoms with Crippen LogP contribution in [0.1, 0.15) is 28.4 Å². The predicted molar refractivity (Wildman–Crippen MR) is 130 cm³/mol. The average Bonchev–Trinajstić information content (AvgIpc) is 3.21. The van der Waals surface area contributed by atoms with Crippen LogP contribution in [0.2, 0.25) is 0 Å². The van der Waals surface area contributed by atoms with Crippen molar-refractivity contribution in [2.45, 2.75) is 25.0 Å². The molecular weight excluding hydrogens is 478 g/mol. The van der Waals surface area contributed by atoms with Crippen molar-refractivity contribution in [2.75, 3.05) is 6.54 Å². The second-order valence-electron chi connectivity index (χ2n) is 8.69. The fraction of sp³-hybridized carbons (Fsp3) is 0.185. The number of carbonyl (C=O) groups is 2. The Balaban J connectivity index is 1.48. The molecule has 3 aromatic carbocycles. The Morgan fingerprint density at radius 3 is 2.45 bits per heavy atom. The van der Waals surface area contributed by atoms with Gasteiger partial charge in [-0.05, 0) is 28.8 Å². The Morgan fingerprint density at radius 1 is 0.909 bits per heavy atom. The van der Waals surface area contributed by atoms with Crippen LogP contribution in [-0.4, -0.2) is 39.2 Å². The molecule has 0 aliphatic carbocycles. The quantitative estimate of drug-likeness (QED) is 0.439. The van der Waals surface area contributed by atoms with Crippen LogP contribution < -0.4 is 0 Å². The van der Waals surface area contributed by atoms with Gasteiger partial charge in [-0.2, -0.15) is 0 Å². The van der Waals surface area contributed by atoms with Crippen LogP contribution in [0, 0.1) is 0 Å². The topological polar surface area (TPSA) is 56.4 Å². The van der Waals surface area contributed by atoms with Gasteiger partial charge in [-0.25, -0.2) is 0 Å². The maximum Gasteiger partial charge on any atom is 0.246 e. The zero-order chi connectivity index (χ0) is 22.5. The van der Waals surface area contributed by atoms with Gasteiger partial charge in [0, 0.05) is 34.0 Å². The normalized spacial score (nSPS) is 20.2. The molecule has 2 atom stereocenters. The minimum Gasteiger partial charge on any atom is -0.356 e. The van der Waals surface area contributed by atoms with E-state index in [1.54, 1.807) is 4.90 Å². The summed E-state index contributed by atoms with van der Waals surface area (Å²) in [6.45, 7) is 0.525. The van der Waals surface area contributed by atoms with Crippen molar-refractivity contribution < 1.29 is 9.59 Å². The Kier molecular flexibility index (Phi) is 4.84. The second kappa shape index (κ2) is 7.89. The first-order valence-corrected chi connectivity index (χ1v) is 11.9. The van der Waals surface area contributed by atoms with Crippen LogP contribution in [0.15, 0.2) is 83.3 Å². The maximum atomic E-state index is 13.7. The molecule has 2 aliphatic heterocycles. The highest BCUT2D eigenvalue weighted by atomic mass is 79.9. The molecule has 3 heterocycles. The Labute approximate surface area is 200 Å². The number of carbonyl (C=O) groups excluding carboxylic acids is 2. The second-order valence-corrected chi connectivity index (χ2v) is 9.54. The van der Waals surface area contributed by atoms with E-state index in [0.29, 0.717) is 13.0 Å². The Hall–Kier alpha value is -3.38. The molecule has 0 unspecified atom stereocenters. The summed E-state index contributed by atoms with van der Waals surface area (Å²) in [7, 11) is 0. The first kappa shape index (κ1) is 20.2. The molecule has 0 spiro atoms. The van der Waals surface area contributed by atoms with Gasteiger partial charge in [-0.3, -0.25) is 9.59 Å². The third-order valence-electron chi connectivity index (χ3n) is 6.76. The number of hydrogen-bond donors (Lipinski definition) is 1. The van der Waals surface area contributed by atoms with Crippen LogP contribution >= 0.6 is 15.9 Å². The van der Waals surface area contributed by atoms with E-state index in [2.05, 4.69) is 33.0 Å². The summed E-state index contributed by atoms with van der Waals surface area (Å²) >= 11 is 3.69. The van der Waals surface area contributed by atoms with E-state index in [1.807, 2.05) is 71.6 Å². The molecular formula is C27H22BrN3O2. The molecule has 164 valence electrons. The number of fused-ring (bicyclic) bond motifs is 4. The molecule has 2 aliphatic rings. The molecule has 0 radical (unpaired) electrons. The fourth-order valence-corrected chi connectivity index (χ4v) is 5.78. The number of amides is 2. The van der Waals surface area contributed by atoms with Crippen molar-refractivity contribution in [3.8, 4) is 0 Å². The van der Waals surface area contributed by atoms with Crippen molar-refractivity contribution in [2.24, 2.45) is 0 Å². The molecule has 0 saturated carbocycles. The summed E-state index contributed by atoms with van der Waals surface area (Å²) in [5.41, 5.74) is 5.15. The van der Waals surface area contributed by atoms with Gasteiger partial charge in [-0.1, -0.05) is 82.7 Å². The van der Waals surface area contributed by atoms with E-state index in [1.165, 1.54) is 0 Å². The van der Waals surface area contributed by atoms with Gasteiger partial charge in [0.25, 0.3) is 0 Å². The number of aromatic nitrogens is 1. The molecule has 4 aromatic rings. The number of hydrogen-bond acceptors (Lipinski definition) is 2. The number of H-pyrrole nitrogens is 1. The first-order chi connectivity index (χ1) is 16.1. The largest absolute Gasteiger partial charge is 0.356 e. The van der Waals surface area contributed by atoms with Gasteiger partial charge in [0.15, 0.2) is 0 Å². The highest BCUT2D eigenvalue weighted by Gasteiger charge is 2.48. The number of rotatable bonds is 3. The van der Waals surface area contributed by atoms with Crippen molar-refractivity contribution in [1.29, 1.82) is 0 Å². The average molecular weight is 500 g/mol. The Morgan fingerprint density at radius 2 is 1.64 bits per heavy atom. The number of halogens is 1. The van der Waals surface area contributed by atoms with E-state index in [9.17, 15) is 9.59 Å². The summed E-state index contributed by atoms with van der Waals surface area (Å²) in [6, 6.07) is 25.1. The molecule has 6 rings (SSSR count). The van der Waals surface area contributed by atoms with Crippen molar-refractivity contribution in [1.82, 2.24) is 14.8 Å². The van der Waals surface area contributed by atoms with E-state index >= 15 is 0 Å². The minimum absolute atomic E-state index is 0.00596. The molecule has 6 heteroatoms. The standard InChI is InChI=1S/C27H22BrN3O2/c28-21-12-6-4-11-19(21)26-25-20(18-10-5-7-13-22(18)29-25)14-23-27(33)30(16-24(32)31(23)26)15-17-8-2-1-3-9-17/h1-13,23,26,29H,14-16H2/t23-,26+/m1/s1. The highest BCUT2D eigenvalue weighted by molar-refractivity contribution is 9.10. The van der Waals surface area contributed by atoms with Crippen molar-refractivity contribution in [3.63, 3.8) is 0 Å². The molecule has 2 amide bonds.